The molecule has 0 spiro atoms. The van der Waals surface area contributed by atoms with Crippen LogP contribution in [0.1, 0.15) is 18.4 Å². The monoisotopic (exact) mass is 400 g/mol. The molecule has 1 atom stereocenters. The Morgan fingerprint density at radius 2 is 1.84 bits per heavy atom. The van der Waals surface area contributed by atoms with Crippen molar-refractivity contribution in [1.29, 1.82) is 0 Å². The van der Waals surface area contributed by atoms with Gasteiger partial charge in [0, 0.05) is 29.9 Å². The standard InChI is InChI=1S/C13H12N4O5S3/c14-16-15-9-3-1-8(2-4-9)7-13(12(23)24,25(20,21)22)17-10(18)5-6-11(17)19/h1-4H,5-7H2,(H,23,24)(H,20,21,22). The fourth-order valence-electron chi connectivity index (χ4n) is 2.56. The van der Waals surface area contributed by atoms with Gasteiger partial charge in [-0.1, -0.05) is 41.6 Å². The summed E-state index contributed by atoms with van der Waals surface area (Å²) in [5.41, 5.74) is 9.01. The van der Waals surface area contributed by atoms with Gasteiger partial charge in [0.2, 0.25) is 16.7 Å². The minimum Gasteiger partial charge on any atom is -0.283 e. The number of imide groups is 1. The van der Waals surface area contributed by atoms with Gasteiger partial charge in [-0.3, -0.25) is 19.0 Å². The van der Waals surface area contributed by atoms with Crippen LogP contribution < -0.4 is 0 Å². The average molecular weight is 400 g/mol. The van der Waals surface area contributed by atoms with Crippen LogP contribution in [-0.4, -0.2) is 38.8 Å². The number of likely N-dealkylation sites (tertiary alicyclic amines) is 1. The van der Waals surface area contributed by atoms with Crippen molar-refractivity contribution < 1.29 is 22.6 Å². The molecule has 1 aromatic rings. The highest BCUT2D eigenvalue weighted by atomic mass is 32.2. The summed E-state index contributed by atoms with van der Waals surface area (Å²) in [7, 11) is -5.01. The number of benzene rings is 1. The van der Waals surface area contributed by atoms with Gasteiger partial charge in [0.1, 0.15) is 0 Å². The Balaban J connectivity index is 2.59. The topological polar surface area (TPSA) is 141 Å². The van der Waals surface area contributed by atoms with E-state index < -0.39 is 37.4 Å². The number of thiol groups is 1. The summed E-state index contributed by atoms with van der Waals surface area (Å²) in [5, 5.41) is 3.38. The predicted molar refractivity (Wildman–Crippen MR) is 95.9 cm³/mol. The van der Waals surface area contributed by atoms with Crippen molar-refractivity contribution in [1.82, 2.24) is 4.90 Å². The third-order valence-electron chi connectivity index (χ3n) is 3.71. The lowest BCUT2D eigenvalue weighted by Gasteiger charge is -2.36. The number of carbonyl (C=O) groups excluding carboxylic acids is 2. The Morgan fingerprint density at radius 3 is 2.24 bits per heavy atom. The molecule has 0 radical (unpaired) electrons. The van der Waals surface area contributed by atoms with Crippen LogP contribution in [0.4, 0.5) is 5.69 Å². The molecule has 25 heavy (non-hydrogen) atoms. The first-order chi connectivity index (χ1) is 11.6. The number of nitrogens with zero attached hydrogens (tertiary/aromatic N) is 4. The summed E-state index contributed by atoms with van der Waals surface area (Å²) in [6.45, 7) is 0. The van der Waals surface area contributed by atoms with Crippen LogP contribution in [0.5, 0.6) is 0 Å². The van der Waals surface area contributed by atoms with Gasteiger partial charge in [-0.25, -0.2) is 0 Å². The summed E-state index contributed by atoms with van der Waals surface area (Å²) in [5.74, 6) is -1.52. The first kappa shape index (κ1) is 19.3. The lowest BCUT2D eigenvalue weighted by Crippen LogP contribution is -2.61. The number of hydrogen-bond acceptors (Lipinski definition) is 6. The molecule has 1 aliphatic rings. The number of thiocarbonyl (C=S) groups is 1. The van der Waals surface area contributed by atoms with Crippen LogP contribution in [-0.2, 0) is 26.1 Å². The summed E-state index contributed by atoms with van der Waals surface area (Å²) in [6.07, 6.45) is -0.840. The van der Waals surface area contributed by atoms with Gasteiger partial charge in [0.25, 0.3) is 10.1 Å². The molecule has 1 unspecified atom stereocenters. The number of amides is 2. The van der Waals surface area contributed by atoms with Gasteiger partial charge in [-0.05, 0) is 11.1 Å². The van der Waals surface area contributed by atoms with E-state index in [9.17, 15) is 22.6 Å². The predicted octanol–water partition coefficient (Wildman–Crippen LogP) is 2.16. The Bertz CT molecular complexity index is 877. The van der Waals surface area contributed by atoms with Crippen molar-refractivity contribution in [2.45, 2.75) is 24.1 Å². The highest BCUT2D eigenvalue weighted by Crippen LogP contribution is 2.35. The van der Waals surface area contributed by atoms with Crippen molar-refractivity contribution >= 4 is 56.7 Å². The molecule has 2 rings (SSSR count). The molecule has 0 aromatic heterocycles. The van der Waals surface area contributed by atoms with E-state index in [0.717, 1.165) is 0 Å². The van der Waals surface area contributed by atoms with E-state index in [4.69, 9.17) is 17.7 Å². The highest BCUT2D eigenvalue weighted by molar-refractivity contribution is 8.13. The van der Waals surface area contributed by atoms with E-state index in [2.05, 4.69) is 22.7 Å². The Hall–Kier alpha value is -1.98. The molecule has 1 N–H and O–H groups in total. The smallest absolute Gasteiger partial charge is 0.283 e. The zero-order valence-electron chi connectivity index (χ0n) is 12.6. The molecule has 2 amide bonds. The number of azide groups is 1. The maximum absolute atomic E-state index is 12.2. The second-order valence-electron chi connectivity index (χ2n) is 5.22. The molecule has 0 saturated carbocycles. The fourth-order valence-corrected chi connectivity index (χ4v) is 4.56. The molecule has 132 valence electrons. The quantitative estimate of drug-likeness (QED) is 0.143. The van der Waals surface area contributed by atoms with E-state index in [1.54, 1.807) is 0 Å². The van der Waals surface area contributed by atoms with Crippen molar-refractivity contribution in [3.63, 3.8) is 0 Å². The first-order valence-electron chi connectivity index (χ1n) is 6.84. The van der Waals surface area contributed by atoms with Crippen molar-refractivity contribution in [2.75, 3.05) is 0 Å². The van der Waals surface area contributed by atoms with Gasteiger partial charge in [0.15, 0.2) is 0 Å². The molecular weight excluding hydrogens is 388 g/mol. The largest absolute Gasteiger partial charge is 0.296 e. The van der Waals surface area contributed by atoms with Crippen molar-refractivity contribution in [2.24, 2.45) is 5.11 Å². The highest BCUT2D eigenvalue weighted by Gasteiger charge is 2.57. The van der Waals surface area contributed by atoms with Gasteiger partial charge in [-0.15, -0.1) is 12.6 Å². The second kappa shape index (κ2) is 7.10. The van der Waals surface area contributed by atoms with Crippen LogP contribution in [0, 0.1) is 0 Å². The molecule has 12 heteroatoms. The van der Waals surface area contributed by atoms with Gasteiger partial charge in [0.05, 0.1) is 4.20 Å². The van der Waals surface area contributed by atoms with E-state index in [-0.39, 0.29) is 18.5 Å². The second-order valence-corrected chi connectivity index (χ2v) is 8.00. The van der Waals surface area contributed by atoms with E-state index >= 15 is 0 Å². The SMILES string of the molecule is [N-]=[N+]=Nc1ccc(CC(C(=S)S)(N2C(=O)CCC2=O)S(=O)(=O)O)cc1. The summed E-state index contributed by atoms with van der Waals surface area (Å²) in [6, 6.07) is 5.69. The third-order valence-corrected chi connectivity index (χ3v) is 6.09. The molecule has 1 aliphatic heterocycles. The van der Waals surface area contributed by atoms with Gasteiger partial charge >= 0.3 is 0 Å². The zero-order valence-corrected chi connectivity index (χ0v) is 15.1. The summed E-state index contributed by atoms with van der Waals surface area (Å²) >= 11 is 8.79. The van der Waals surface area contributed by atoms with E-state index in [0.29, 0.717) is 10.5 Å². The first-order valence-corrected chi connectivity index (χ1v) is 9.13. The molecular formula is C13H12N4O5S3. The minimum absolute atomic E-state index is 0.178. The maximum Gasteiger partial charge on any atom is 0.296 e. The lowest BCUT2D eigenvalue weighted by molar-refractivity contribution is -0.140. The van der Waals surface area contributed by atoms with Gasteiger partial charge < -0.3 is 0 Å². The van der Waals surface area contributed by atoms with Crippen LogP contribution in [0.2, 0.25) is 0 Å². The van der Waals surface area contributed by atoms with Crippen LogP contribution in [0.3, 0.4) is 0 Å². The van der Waals surface area contributed by atoms with E-state index in [1.165, 1.54) is 24.3 Å². The molecule has 0 aliphatic carbocycles. The Kier molecular flexibility index (Phi) is 5.49. The van der Waals surface area contributed by atoms with Crippen LogP contribution in [0.15, 0.2) is 29.4 Å². The van der Waals surface area contributed by atoms with Crippen LogP contribution in [0.25, 0.3) is 10.4 Å². The van der Waals surface area contributed by atoms with Crippen molar-refractivity contribution in [3.05, 3.63) is 40.3 Å². The normalized spacial score (nSPS) is 17.1. The fraction of sp³-hybridized carbons (Fsp3) is 0.308. The number of hydrogen-bond donors (Lipinski definition) is 2. The molecule has 1 heterocycles. The molecule has 9 nitrogen and oxygen atoms in total. The zero-order chi connectivity index (χ0) is 18.8. The molecule has 0 bridgehead atoms. The minimum atomic E-state index is -5.01. The van der Waals surface area contributed by atoms with E-state index in [1.807, 2.05) is 0 Å². The number of rotatable bonds is 6. The molecule has 1 saturated heterocycles. The Labute approximate surface area is 153 Å². The van der Waals surface area contributed by atoms with Crippen molar-refractivity contribution in [3.8, 4) is 0 Å². The summed E-state index contributed by atoms with van der Waals surface area (Å²) in [4.78, 5) is 24.8. The third kappa shape index (κ3) is 3.53. The van der Waals surface area contributed by atoms with Gasteiger partial charge in [-0.2, -0.15) is 8.42 Å². The van der Waals surface area contributed by atoms with Crippen LogP contribution >= 0.6 is 24.8 Å². The molecule has 1 fully saturated rings. The summed E-state index contributed by atoms with van der Waals surface area (Å²) < 4.78 is 33.6. The lowest BCUT2D eigenvalue weighted by atomic mass is 10.0. The Morgan fingerprint density at radius 1 is 1.32 bits per heavy atom. The average Bonchev–Trinajstić information content (AvgIpc) is 2.85. The molecule has 1 aromatic carbocycles. The maximum atomic E-state index is 12.2. The number of carbonyl (C=O) groups is 2.